The van der Waals surface area contributed by atoms with Crippen molar-refractivity contribution in [1.29, 1.82) is 0 Å². The van der Waals surface area contributed by atoms with Gasteiger partial charge in [0.25, 0.3) is 0 Å². The van der Waals surface area contributed by atoms with Crippen LogP contribution in [0.2, 0.25) is 0 Å². The Morgan fingerprint density at radius 2 is 0.973 bits per heavy atom. The summed E-state index contributed by atoms with van der Waals surface area (Å²) in [7, 11) is 0. The Labute approximate surface area is 219 Å². The number of hydrogen-bond donors (Lipinski definition) is 0. The van der Waals surface area contributed by atoms with Crippen LogP contribution in [0.5, 0.6) is 0 Å². The molecule has 0 amide bonds. The number of nitrogens with zero attached hydrogens (tertiary/aromatic N) is 2. The monoisotopic (exact) mass is 500 g/mol. The number of carbonyl (C=O) groups is 4. The molecule has 2 fully saturated rings. The van der Waals surface area contributed by atoms with E-state index in [2.05, 4.69) is 9.80 Å². The van der Waals surface area contributed by atoms with Crippen molar-refractivity contribution in [2.45, 2.75) is 57.8 Å². The molecule has 2 saturated heterocycles. The molecule has 194 valence electrons. The van der Waals surface area contributed by atoms with E-state index in [1.807, 2.05) is 24.3 Å². The third-order valence-corrected chi connectivity index (χ3v) is 8.12. The largest absolute Gasteiger partial charge is 0.303 e. The molecule has 2 aliphatic heterocycles. The van der Waals surface area contributed by atoms with Gasteiger partial charge in [-0.2, -0.15) is 0 Å². The van der Waals surface area contributed by atoms with Gasteiger partial charge in [0.2, 0.25) is 23.1 Å². The first kappa shape index (κ1) is 25.7. The Morgan fingerprint density at radius 1 is 0.568 bits per heavy atom. The lowest BCUT2D eigenvalue weighted by molar-refractivity contribution is -0.116. The molecule has 1 aliphatic carbocycles. The fourth-order valence-corrected chi connectivity index (χ4v) is 5.93. The first-order valence-corrected chi connectivity index (χ1v) is 13.9. The highest BCUT2D eigenvalue weighted by Crippen LogP contribution is 2.37. The van der Waals surface area contributed by atoms with Gasteiger partial charge in [0, 0.05) is 37.1 Å². The van der Waals surface area contributed by atoms with Crippen LogP contribution in [0.4, 0.5) is 0 Å². The van der Waals surface area contributed by atoms with E-state index in [9.17, 15) is 19.2 Å². The van der Waals surface area contributed by atoms with E-state index < -0.39 is 11.6 Å². The van der Waals surface area contributed by atoms with Gasteiger partial charge in [-0.15, -0.1) is 0 Å². The van der Waals surface area contributed by atoms with Crippen molar-refractivity contribution in [2.24, 2.45) is 0 Å². The lowest BCUT2D eigenvalue weighted by Crippen LogP contribution is -2.32. The zero-order chi connectivity index (χ0) is 25.8. The maximum Gasteiger partial charge on any atom is 0.228 e. The fourth-order valence-electron chi connectivity index (χ4n) is 5.93. The highest BCUT2D eigenvalue weighted by Gasteiger charge is 2.25. The summed E-state index contributed by atoms with van der Waals surface area (Å²) in [5, 5.41) is 0. The minimum atomic E-state index is -0.425. The number of fused-ring (bicyclic) bond motifs is 3. The van der Waals surface area contributed by atoms with E-state index in [0.717, 1.165) is 74.1 Å². The first-order chi connectivity index (χ1) is 18.0. The third-order valence-electron chi connectivity index (χ3n) is 8.12. The second-order valence-electron chi connectivity index (χ2n) is 10.7. The smallest absolute Gasteiger partial charge is 0.228 e. The van der Waals surface area contributed by atoms with Gasteiger partial charge in [0.15, 0.2) is 0 Å². The fraction of sp³-hybridized carbons (Fsp3) is 0.484. The molecular weight excluding hydrogens is 464 g/mol. The summed E-state index contributed by atoms with van der Waals surface area (Å²) in [6.45, 7) is 5.32. The molecule has 0 aromatic heterocycles. The molecule has 2 heterocycles. The second kappa shape index (κ2) is 11.6. The molecular formula is C31H36N2O4. The number of carbonyl (C=O) groups excluding carboxylic acids is 4. The summed E-state index contributed by atoms with van der Waals surface area (Å²) < 4.78 is 0. The summed E-state index contributed by atoms with van der Waals surface area (Å²) in [4.78, 5) is 55.4. The van der Waals surface area contributed by atoms with Gasteiger partial charge < -0.3 is 9.80 Å². The van der Waals surface area contributed by atoms with Crippen LogP contribution < -0.4 is 0 Å². The van der Waals surface area contributed by atoms with Crippen LogP contribution in [-0.2, 0) is 16.0 Å². The molecule has 0 spiro atoms. The normalized spacial score (nSPS) is 17.7. The zero-order valence-electron chi connectivity index (χ0n) is 21.6. The highest BCUT2D eigenvalue weighted by atomic mass is 16.2. The van der Waals surface area contributed by atoms with Crippen molar-refractivity contribution in [2.75, 3.05) is 39.3 Å². The van der Waals surface area contributed by atoms with Crippen LogP contribution in [0.25, 0.3) is 11.1 Å². The number of hydrogen-bond acceptors (Lipinski definition) is 6. The summed E-state index contributed by atoms with van der Waals surface area (Å²) >= 11 is 0. The molecule has 0 saturated carbocycles. The topological polar surface area (TPSA) is 74.8 Å². The van der Waals surface area contributed by atoms with E-state index in [-0.39, 0.29) is 24.4 Å². The van der Waals surface area contributed by atoms with Crippen LogP contribution in [0.15, 0.2) is 36.4 Å². The Hall–Kier alpha value is -2.96. The average molecular weight is 501 g/mol. The molecule has 0 bridgehead atoms. The number of likely N-dealkylation sites (tertiary alicyclic amines) is 2. The maximum atomic E-state index is 12.8. The predicted molar refractivity (Wildman–Crippen MR) is 143 cm³/mol. The molecule has 2 aromatic rings. The first-order valence-electron chi connectivity index (χ1n) is 13.9. The Balaban J connectivity index is 1.20. The van der Waals surface area contributed by atoms with Crippen molar-refractivity contribution in [1.82, 2.24) is 9.80 Å². The van der Waals surface area contributed by atoms with Crippen molar-refractivity contribution >= 4 is 23.1 Å². The molecule has 37 heavy (non-hydrogen) atoms. The molecule has 0 radical (unpaired) electrons. The lowest BCUT2D eigenvalue weighted by Gasteiger charge is -2.25. The molecule has 2 aromatic carbocycles. The van der Waals surface area contributed by atoms with Gasteiger partial charge >= 0.3 is 0 Å². The lowest BCUT2D eigenvalue weighted by atomic mass is 9.98. The second-order valence-corrected chi connectivity index (χ2v) is 10.7. The Bertz CT molecular complexity index is 1110. The molecule has 3 aliphatic rings. The number of rotatable bonds is 10. The van der Waals surface area contributed by atoms with Crippen molar-refractivity contribution in [3.05, 3.63) is 58.7 Å². The van der Waals surface area contributed by atoms with Crippen LogP contribution in [0.1, 0.15) is 83.2 Å². The minimum absolute atomic E-state index is 0.257. The molecule has 0 atom stereocenters. The number of ketones is 4. The maximum absolute atomic E-state index is 12.8. The number of benzene rings is 2. The van der Waals surface area contributed by atoms with Gasteiger partial charge in [-0.3, -0.25) is 19.2 Å². The average Bonchev–Trinajstić information content (AvgIpc) is 3.32. The van der Waals surface area contributed by atoms with Crippen molar-refractivity contribution < 1.29 is 19.2 Å². The standard InChI is InChI=1S/C31H36N2O4/c34-28(11-17-32-13-3-1-4-14-32)30(36)22-7-9-26-24(19-22)21-25-20-23(8-10-27(25)26)31(37)29(35)12-18-33-15-5-2-6-16-33/h7-10,19-20H,1-6,11-18,21H2. The van der Waals surface area contributed by atoms with E-state index in [4.69, 9.17) is 0 Å². The zero-order valence-corrected chi connectivity index (χ0v) is 21.6. The molecule has 5 rings (SSSR count). The van der Waals surface area contributed by atoms with E-state index in [1.165, 1.54) is 12.8 Å². The van der Waals surface area contributed by atoms with Crippen LogP contribution in [0, 0.1) is 0 Å². The molecule has 0 unspecified atom stereocenters. The number of piperidine rings is 2. The van der Waals surface area contributed by atoms with Crippen molar-refractivity contribution in [3.63, 3.8) is 0 Å². The van der Waals surface area contributed by atoms with Crippen molar-refractivity contribution in [3.8, 4) is 11.1 Å². The summed E-state index contributed by atoms with van der Waals surface area (Å²) in [6, 6.07) is 10.9. The third kappa shape index (κ3) is 5.97. The summed E-state index contributed by atoms with van der Waals surface area (Å²) in [6.07, 6.45) is 8.22. The predicted octanol–water partition coefficient (Wildman–Crippen LogP) is 4.51. The SMILES string of the molecule is O=C(CCN1CCCCC1)C(=O)c1ccc2c(c1)Cc1cc(C(=O)C(=O)CCN3CCCCC3)ccc1-2. The number of Topliss-reactive ketones (excluding diaryl/α,β-unsaturated/α-hetero) is 4. The van der Waals surface area contributed by atoms with Crippen LogP contribution in [0.3, 0.4) is 0 Å². The Morgan fingerprint density at radius 3 is 1.38 bits per heavy atom. The van der Waals surface area contributed by atoms with Gasteiger partial charge in [0.05, 0.1) is 0 Å². The highest BCUT2D eigenvalue weighted by molar-refractivity contribution is 6.44. The van der Waals surface area contributed by atoms with E-state index in [0.29, 0.717) is 30.6 Å². The molecule has 6 nitrogen and oxygen atoms in total. The van der Waals surface area contributed by atoms with E-state index >= 15 is 0 Å². The van der Waals surface area contributed by atoms with Gasteiger partial charge in [-0.25, -0.2) is 0 Å². The van der Waals surface area contributed by atoms with Gasteiger partial charge in [-0.05, 0) is 92.7 Å². The molecule has 6 heteroatoms. The summed E-state index contributed by atoms with van der Waals surface area (Å²) in [5.74, 6) is -1.52. The van der Waals surface area contributed by atoms with Crippen LogP contribution in [-0.4, -0.2) is 72.2 Å². The van der Waals surface area contributed by atoms with E-state index in [1.54, 1.807) is 12.1 Å². The van der Waals surface area contributed by atoms with Crippen LogP contribution >= 0.6 is 0 Å². The van der Waals surface area contributed by atoms with Gasteiger partial charge in [0.1, 0.15) is 0 Å². The minimum Gasteiger partial charge on any atom is -0.303 e. The summed E-state index contributed by atoms with van der Waals surface area (Å²) in [5.41, 5.74) is 4.85. The molecule has 0 N–H and O–H groups in total. The van der Waals surface area contributed by atoms with Gasteiger partial charge in [-0.1, -0.05) is 37.1 Å². The Kier molecular flexibility index (Phi) is 8.06. The quantitative estimate of drug-likeness (QED) is 0.301.